The lowest BCUT2D eigenvalue weighted by Gasteiger charge is -2.22. The summed E-state index contributed by atoms with van der Waals surface area (Å²) in [4.78, 5) is 17.3. The van der Waals surface area contributed by atoms with Gasteiger partial charge in [0.15, 0.2) is 0 Å². The predicted octanol–water partition coefficient (Wildman–Crippen LogP) is 4.44. The summed E-state index contributed by atoms with van der Waals surface area (Å²) in [6, 6.07) is 8.46. The lowest BCUT2D eigenvalue weighted by atomic mass is 10.2. The Morgan fingerprint density at radius 3 is 2.23 bits per heavy atom. The number of methoxy groups -OCH3 is 1. The van der Waals surface area contributed by atoms with Gasteiger partial charge in [-0.15, -0.1) is 0 Å². The molecule has 0 bridgehead atoms. The molecule has 0 unspecified atom stereocenters. The highest BCUT2D eigenvalue weighted by Crippen LogP contribution is 2.33. The molecule has 0 aliphatic rings. The normalized spacial score (nSPS) is 11.4. The zero-order valence-corrected chi connectivity index (χ0v) is 14.8. The number of aromatic nitrogens is 1. The number of ether oxygens (including phenoxy) is 2. The Hall–Kier alpha value is -2.77. The lowest BCUT2D eigenvalue weighted by Crippen LogP contribution is -2.21. The van der Waals surface area contributed by atoms with E-state index in [0.717, 1.165) is 12.1 Å². The molecule has 0 radical (unpaired) electrons. The van der Waals surface area contributed by atoms with Gasteiger partial charge in [-0.1, -0.05) is 0 Å². The van der Waals surface area contributed by atoms with Gasteiger partial charge in [-0.25, -0.2) is 9.78 Å². The van der Waals surface area contributed by atoms with Gasteiger partial charge in [-0.2, -0.15) is 13.2 Å². The van der Waals surface area contributed by atoms with E-state index < -0.39 is 23.9 Å². The van der Waals surface area contributed by atoms with Crippen molar-refractivity contribution >= 4 is 17.5 Å². The van der Waals surface area contributed by atoms with Gasteiger partial charge in [-0.05, 0) is 50.2 Å². The molecule has 0 amide bonds. The van der Waals surface area contributed by atoms with Crippen molar-refractivity contribution in [3.8, 4) is 5.75 Å². The van der Waals surface area contributed by atoms with Crippen LogP contribution in [-0.2, 0) is 10.9 Å². The smallest absolute Gasteiger partial charge is 0.433 e. The van der Waals surface area contributed by atoms with E-state index in [1.165, 1.54) is 19.1 Å². The minimum absolute atomic E-state index is 0.0509. The number of esters is 1. The number of pyridine rings is 1. The van der Waals surface area contributed by atoms with Crippen LogP contribution < -0.4 is 9.64 Å². The molecule has 2 aromatic rings. The van der Waals surface area contributed by atoms with Crippen LogP contribution >= 0.6 is 0 Å². The van der Waals surface area contributed by atoms with Crippen LogP contribution in [0.5, 0.6) is 5.75 Å². The van der Waals surface area contributed by atoms with Crippen LogP contribution in [0.3, 0.4) is 0 Å². The third kappa shape index (κ3) is 4.44. The first-order valence-corrected chi connectivity index (χ1v) is 7.80. The summed E-state index contributed by atoms with van der Waals surface area (Å²) >= 11 is 0. The fourth-order valence-electron chi connectivity index (χ4n) is 2.23. The number of carbonyl (C=O) groups excluding carboxylic acids is 1. The largest absolute Gasteiger partial charge is 0.497 e. The Kier molecular flexibility index (Phi) is 5.74. The van der Waals surface area contributed by atoms with E-state index in [1.54, 1.807) is 38.1 Å². The summed E-state index contributed by atoms with van der Waals surface area (Å²) in [5.41, 5.74) is -0.602. The zero-order chi connectivity index (χ0) is 19.5. The van der Waals surface area contributed by atoms with Crippen LogP contribution in [0.1, 0.15) is 29.9 Å². The first-order valence-electron chi connectivity index (χ1n) is 7.80. The van der Waals surface area contributed by atoms with Crippen LogP contribution in [0.25, 0.3) is 0 Å². The number of hydrogen-bond acceptors (Lipinski definition) is 5. The number of carbonyl (C=O) groups is 1. The molecule has 0 aliphatic carbocycles. The van der Waals surface area contributed by atoms with Gasteiger partial charge in [0.25, 0.3) is 0 Å². The van der Waals surface area contributed by atoms with Crippen molar-refractivity contribution in [2.24, 2.45) is 0 Å². The SMILES string of the molecule is COc1ccc(N(C)c2nc(C(F)(F)F)ccc2C(=O)OC(C)C)cc1. The number of alkyl halides is 3. The average Bonchev–Trinajstić information content (AvgIpc) is 2.59. The molecule has 0 atom stereocenters. The minimum Gasteiger partial charge on any atom is -0.497 e. The molecule has 0 fully saturated rings. The molecule has 1 aromatic carbocycles. The van der Waals surface area contributed by atoms with E-state index in [2.05, 4.69) is 4.98 Å². The van der Waals surface area contributed by atoms with Gasteiger partial charge in [-0.3, -0.25) is 0 Å². The van der Waals surface area contributed by atoms with Gasteiger partial charge in [0.05, 0.1) is 13.2 Å². The molecule has 0 saturated carbocycles. The second-order valence-electron chi connectivity index (χ2n) is 5.78. The number of nitrogens with zero attached hydrogens (tertiary/aromatic N) is 2. The van der Waals surface area contributed by atoms with Crippen molar-refractivity contribution in [3.05, 3.63) is 47.7 Å². The highest BCUT2D eigenvalue weighted by atomic mass is 19.4. The molecule has 1 aromatic heterocycles. The zero-order valence-electron chi connectivity index (χ0n) is 14.8. The monoisotopic (exact) mass is 368 g/mol. The molecule has 8 heteroatoms. The maximum absolute atomic E-state index is 13.1. The van der Waals surface area contributed by atoms with Crippen molar-refractivity contribution in [1.29, 1.82) is 0 Å². The summed E-state index contributed by atoms with van der Waals surface area (Å²) < 4.78 is 49.4. The van der Waals surface area contributed by atoms with Crippen molar-refractivity contribution < 1.29 is 27.4 Å². The van der Waals surface area contributed by atoms with Gasteiger partial charge in [0.2, 0.25) is 0 Å². The van der Waals surface area contributed by atoms with E-state index in [0.29, 0.717) is 11.4 Å². The third-order valence-electron chi connectivity index (χ3n) is 3.51. The summed E-state index contributed by atoms with van der Waals surface area (Å²) in [5, 5.41) is 0. The van der Waals surface area contributed by atoms with Gasteiger partial charge in [0, 0.05) is 12.7 Å². The molecular formula is C18H19F3N2O3. The highest BCUT2D eigenvalue weighted by Gasteiger charge is 2.34. The fourth-order valence-corrected chi connectivity index (χ4v) is 2.23. The molecule has 2 rings (SSSR count). The van der Waals surface area contributed by atoms with Crippen molar-refractivity contribution in [3.63, 3.8) is 0 Å². The molecule has 140 valence electrons. The van der Waals surface area contributed by atoms with E-state index in [-0.39, 0.29) is 11.4 Å². The average molecular weight is 368 g/mol. The molecule has 0 N–H and O–H groups in total. The molecular weight excluding hydrogens is 349 g/mol. The molecule has 1 heterocycles. The Morgan fingerprint density at radius 1 is 1.12 bits per heavy atom. The Bertz CT molecular complexity index is 774. The number of benzene rings is 1. The second kappa shape index (κ2) is 7.63. The fraction of sp³-hybridized carbons (Fsp3) is 0.333. The maximum atomic E-state index is 13.1. The van der Waals surface area contributed by atoms with Crippen molar-refractivity contribution in [1.82, 2.24) is 4.98 Å². The standard InChI is InChI=1S/C18H19F3N2O3/c1-11(2)26-17(24)14-9-10-15(18(19,20)21)22-16(14)23(3)12-5-7-13(25-4)8-6-12/h5-11H,1-4H3. The summed E-state index contributed by atoms with van der Waals surface area (Å²) in [7, 11) is 3.03. The van der Waals surface area contributed by atoms with Crippen LogP contribution in [0.4, 0.5) is 24.7 Å². The molecule has 0 saturated heterocycles. The maximum Gasteiger partial charge on any atom is 0.433 e. The van der Waals surface area contributed by atoms with E-state index in [4.69, 9.17) is 9.47 Å². The molecule has 0 aliphatic heterocycles. The third-order valence-corrected chi connectivity index (χ3v) is 3.51. The van der Waals surface area contributed by atoms with Crippen LogP contribution in [0.2, 0.25) is 0 Å². The minimum atomic E-state index is -4.63. The quantitative estimate of drug-likeness (QED) is 0.730. The second-order valence-corrected chi connectivity index (χ2v) is 5.78. The predicted molar refractivity (Wildman–Crippen MR) is 90.8 cm³/mol. The first kappa shape index (κ1) is 19.6. The van der Waals surface area contributed by atoms with Crippen LogP contribution in [0.15, 0.2) is 36.4 Å². The van der Waals surface area contributed by atoms with Crippen molar-refractivity contribution in [2.75, 3.05) is 19.1 Å². The van der Waals surface area contributed by atoms with Crippen molar-refractivity contribution in [2.45, 2.75) is 26.1 Å². The van der Waals surface area contributed by atoms with Gasteiger partial charge < -0.3 is 14.4 Å². The number of halogens is 3. The topological polar surface area (TPSA) is 51.7 Å². The number of hydrogen-bond donors (Lipinski definition) is 0. The summed E-state index contributed by atoms with van der Waals surface area (Å²) in [6.45, 7) is 3.31. The summed E-state index contributed by atoms with van der Waals surface area (Å²) in [6.07, 6.45) is -5.04. The molecule has 0 spiro atoms. The van der Waals surface area contributed by atoms with E-state index in [1.807, 2.05) is 0 Å². The Labute approximate surface area is 149 Å². The Morgan fingerprint density at radius 2 is 1.73 bits per heavy atom. The Balaban J connectivity index is 2.51. The first-order chi connectivity index (χ1) is 12.1. The molecule has 26 heavy (non-hydrogen) atoms. The number of anilines is 2. The van der Waals surface area contributed by atoms with Gasteiger partial charge in [0.1, 0.15) is 22.8 Å². The van der Waals surface area contributed by atoms with Crippen LogP contribution in [0, 0.1) is 0 Å². The van der Waals surface area contributed by atoms with E-state index in [9.17, 15) is 18.0 Å². The summed E-state index contributed by atoms with van der Waals surface area (Å²) in [5.74, 6) is -0.286. The van der Waals surface area contributed by atoms with E-state index >= 15 is 0 Å². The molecule has 5 nitrogen and oxygen atoms in total. The lowest BCUT2D eigenvalue weighted by molar-refractivity contribution is -0.141. The highest BCUT2D eigenvalue weighted by molar-refractivity contribution is 5.95. The van der Waals surface area contributed by atoms with Crippen LogP contribution in [-0.4, -0.2) is 31.2 Å². The number of rotatable bonds is 5. The van der Waals surface area contributed by atoms with Gasteiger partial charge >= 0.3 is 12.1 Å².